The van der Waals surface area contributed by atoms with Gasteiger partial charge in [0, 0.05) is 37.0 Å². The third-order valence-corrected chi connectivity index (χ3v) is 5.03. The van der Waals surface area contributed by atoms with Gasteiger partial charge in [0.15, 0.2) is 0 Å². The van der Waals surface area contributed by atoms with Crippen LogP contribution in [0.4, 0.5) is 5.82 Å². The smallest absolute Gasteiger partial charge is 0.270 e. The minimum atomic E-state index is -0.126. The van der Waals surface area contributed by atoms with Crippen LogP contribution in [0.3, 0.4) is 0 Å². The van der Waals surface area contributed by atoms with Crippen molar-refractivity contribution < 1.29 is 4.79 Å². The number of aromatic nitrogens is 4. The Morgan fingerprint density at radius 2 is 2.12 bits per heavy atom. The fraction of sp³-hybridized carbons (Fsp3) is 0.333. The van der Waals surface area contributed by atoms with Crippen molar-refractivity contribution in [1.82, 2.24) is 24.7 Å². The second-order valence-electron chi connectivity index (χ2n) is 6.54. The first kappa shape index (κ1) is 16.8. The van der Waals surface area contributed by atoms with Crippen molar-refractivity contribution in [2.45, 2.75) is 31.7 Å². The van der Waals surface area contributed by atoms with Crippen LogP contribution in [0, 0.1) is 6.92 Å². The van der Waals surface area contributed by atoms with Crippen molar-refractivity contribution in [2.24, 2.45) is 0 Å². The summed E-state index contributed by atoms with van der Waals surface area (Å²) in [5.74, 6) is 1.02. The Morgan fingerprint density at radius 1 is 1.31 bits per heavy atom. The molecule has 0 saturated heterocycles. The molecule has 1 saturated carbocycles. The SMILES string of the molecule is CNc1cc(C2CC(NC(=O)c3c(C)nc4ccc(Cl)cn34)C2)ncn1. The number of fused-ring (bicyclic) bond motifs is 1. The van der Waals surface area contributed by atoms with Crippen LogP contribution in [-0.4, -0.2) is 38.3 Å². The molecule has 0 unspecified atom stereocenters. The maximum absolute atomic E-state index is 12.7. The molecule has 1 aliphatic carbocycles. The second-order valence-corrected chi connectivity index (χ2v) is 6.97. The van der Waals surface area contributed by atoms with Crippen LogP contribution in [0.5, 0.6) is 0 Å². The third kappa shape index (κ3) is 2.99. The molecule has 0 radical (unpaired) electrons. The zero-order valence-electron chi connectivity index (χ0n) is 14.5. The number of rotatable bonds is 4. The van der Waals surface area contributed by atoms with Gasteiger partial charge in [-0.05, 0) is 31.9 Å². The number of aryl methyl sites for hydroxylation is 1. The van der Waals surface area contributed by atoms with Gasteiger partial charge in [0.25, 0.3) is 5.91 Å². The quantitative estimate of drug-likeness (QED) is 0.737. The van der Waals surface area contributed by atoms with Crippen LogP contribution < -0.4 is 10.6 Å². The van der Waals surface area contributed by atoms with E-state index in [-0.39, 0.29) is 11.9 Å². The van der Waals surface area contributed by atoms with E-state index in [9.17, 15) is 4.79 Å². The number of halogens is 1. The summed E-state index contributed by atoms with van der Waals surface area (Å²) in [7, 11) is 1.83. The lowest BCUT2D eigenvalue weighted by Gasteiger charge is -2.35. The van der Waals surface area contributed by atoms with Crippen molar-refractivity contribution in [1.29, 1.82) is 0 Å². The molecule has 1 amide bonds. The van der Waals surface area contributed by atoms with Gasteiger partial charge in [-0.1, -0.05) is 11.6 Å². The summed E-state index contributed by atoms with van der Waals surface area (Å²) in [6.07, 6.45) is 5.01. The van der Waals surface area contributed by atoms with Crippen LogP contribution in [-0.2, 0) is 0 Å². The molecule has 3 aromatic heterocycles. The topological polar surface area (TPSA) is 84.2 Å². The van der Waals surface area contributed by atoms with E-state index in [1.165, 1.54) is 0 Å². The van der Waals surface area contributed by atoms with E-state index in [0.29, 0.717) is 28.0 Å². The monoisotopic (exact) mass is 370 g/mol. The van der Waals surface area contributed by atoms with Gasteiger partial charge in [0.05, 0.1) is 10.7 Å². The van der Waals surface area contributed by atoms with E-state index < -0.39 is 0 Å². The van der Waals surface area contributed by atoms with Gasteiger partial charge in [-0.3, -0.25) is 9.20 Å². The van der Waals surface area contributed by atoms with Gasteiger partial charge in [-0.15, -0.1) is 0 Å². The zero-order chi connectivity index (χ0) is 18.3. The minimum absolute atomic E-state index is 0.126. The van der Waals surface area contributed by atoms with Crippen molar-refractivity contribution >= 4 is 29.0 Å². The van der Waals surface area contributed by atoms with Crippen LogP contribution in [0.15, 0.2) is 30.7 Å². The molecule has 0 aliphatic heterocycles. The molecular weight excluding hydrogens is 352 g/mol. The summed E-state index contributed by atoms with van der Waals surface area (Å²) >= 11 is 6.06. The summed E-state index contributed by atoms with van der Waals surface area (Å²) in [5, 5.41) is 6.68. The standard InChI is InChI=1S/C18H19ClN6O/c1-10-17(25-8-12(19)3-4-16(25)23-10)18(26)24-13-5-11(6-13)14-7-15(20-2)22-9-21-14/h3-4,7-9,11,13H,5-6H2,1-2H3,(H,24,26)(H,20,21,22). The number of carbonyl (C=O) groups is 1. The Morgan fingerprint density at radius 3 is 2.88 bits per heavy atom. The summed E-state index contributed by atoms with van der Waals surface area (Å²) in [4.78, 5) is 25.7. The van der Waals surface area contributed by atoms with E-state index in [4.69, 9.17) is 11.6 Å². The number of carbonyl (C=O) groups excluding carboxylic acids is 1. The molecule has 3 aromatic rings. The number of pyridine rings is 1. The van der Waals surface area contributed by atoms with Gasteiger partial charge >= 0.3 is 0 Å². The lowest BCUT2D eigenvalue weighted by atomic mass is 9.78. The minimum Gasteiger partial charge on any atom is -0.373 e. The van der Waals surface area contributed by atoms with Gasteiger partial charge < -0.3 is 10.6 Å². The molecule has 134 valence electrons. The van der Waals surface area contributed by atoms with E-state index in [2.05, 4.69) is 25.6 Å². The van der Waals surface area contributed by atoms with E-state index >= 15 is 0 Å². The van der Waals surface area contributed by atoms with Crippen molar-refractivity contribution in [3.05, 3.63) is 52.8 Å². The fourth-order valence-electron chi connectivity index (χ4n) is 3.37. The molecular formula is C18H19ClN6O. The number of imidazole rings is 1. The predicted molar refractivity (Wildman–Crippen MR) is 99.7 cm³/mol. The van der Waals surface area contributed by atoms with Crippen molar-refractivity contribution in [3.63, 3.8) is 0 Å². The summed E-state index contributed by atoms with van der Waals surface area (Å²) in [6, 6.07) is 5.66. The van der Waals surface area contributed by atoms with Crippen LogP contribution in [0.25, 0.3) is 5.65 Å². The number of nitrogens with zero attached hydrogens (tertiary/aromatic N) is 4. The number of hydrogen-bond donors (Lipinski definition) is 2. The Hall–Kier alpha value is -2.67. The second kappa shape index (κ2) is 6.57. The molecule has 0 aromatic carbocycles. The Balaban J connectivity index is 1.45. The van der Waals surface area contributed by atoms with E-state index in [1.54, 1.807) is 29.1 Å². The first-order valence-electron chi connectivity index (χ1n) is 8.50. The molecule has 7 nitrogen and oxygen atoms in total. The van der Waals surface area contributed by atoms with Crippen LogP contribution >= 0.6 is 11.6 Å². The van der Waals surface area contributed by atoms with E-state index in [0.717, 1.165) is 24.4 Å². The number of nitrogens with one attached hydrogen (secondary N) is 2. The summed E-state index contributed by atoms with van der Waals surface area (Å²) in [5.41, 5.74) is 2.94. The molecule has 26 heavy (non-hydrogen) atoms. The lowest BCUT2D eigenvalue weighted by Crippen LogP contribution is -2.44. The molecule has 2 N–H and O–H groups in total. The highest BCUT2D eigenvalue weighted by Gasteiger charge is 2.33. The Kier molecular flexibility index (Phi) is 4.24. The van der Waals surface area contributed by atoms with Crippen LogP contribution in [0.2, 0.25) is 5.02 Å². The maximum atomic E-state index is 12.7. The molecule has 0 spiro atoms. The van der Waals surface area contributed by atoms with E-state index in [1.807, 2.05) is 20.0 Å². The highest BCUT2D eigenvalue weighted by atomic mass is 35.5. The van der Waals surface area contributed by atoms with Gasteiger partial charge in [-0.2, -0.15) is 0 Å². The van der Waals surface area contributed by atoms with Gasteiger partial charge in [-0.25, -0.2) is 15.0 Å². The average Bonchev–Trinajstić information content (AvgIpc) is 2.92. The largest absolute Gasteiger partial charge is 0.373 e. The first-order chi connectivity index (χ1) is 12.5. The number of amides is 1. The van der Waals surface area contributed by atoms with Crippen LogP contribution in [0.1, 0.15) is 40.6 Å². The molecule has 0 bridgehead atoms. The summed E-state index contributed by atoms with van der Waals surface area (Å²) < 4.78 is 1.74. The highest BCUT2D eigenvalue weighted by Crippen LogP contribution is 2.36. The first-order valence-corrected chi connectivity index (χ1v) is 8.87. The van der Waals surface area contributed by atoms with Crippen molar-refractivity contribution in [3.8, 4) is 0 Å². The maximum Gasteiger partial charge on any atom is 0.270 e. The van der Waals surface area contributed by atoms with Gasteiger partial charge in [0.2, 0.25) is 0 Å². The molecule has 1 aliphatic rings. The number of anilines is 1. The summed E-state index contributed by atoms with van der Waals surface area (Å²) in [6.45, 7) is 1.83. The average molecular weight is 371 g/mol. The third-order valence-electron chi connectivity index (χ3n) is 4.81. The molecule has 1 fully saturated rings. The lowest BCUT2D eigenvalue weighted by molar-refractivity contribution is 0.0901. The molecule has 4 rings (SSSR count). The van der Waals surface area contributed by atoms with Gasteiger partial charge in [0.1, 0.15) is 23.5 Å². The predicted octanol–water partition coefficient (Wildman–Crippen LogP) is 2.80. The van der Waals surface area contributed by atoms with Crippen molar-refractivity contribution in [2.75, 3.05) is 12.4 Å². The highest BCUT2D eigenvalue weighted by molar-refractivity contribution is 6.30. The molecule has 0 atom stereocenters. The normalized spacial score (nSPS) is 19.2. The zero-order valence-corrected chi connectivity index (χ0v) is 15.3. The Bertz CT molecular complexity index is 979. The molecule has 8 heteroatoms. The Labute approximate surface area is 155 Å². The number of hydrogen-bond acceptors (Lipinski definition) is 5. The fourth-order valence-corrected chi connectivity index (χ4v) is 3.53. The molecule has 3 heterocycles.